The summed E-state index contributed by atoms with van der Waals surface area (Å²) >= 11 is 0. The summed E-state index contributed by atoms with van der Waals surface area (Å²) in [5, 5.41) is 7.53. The summed E-state index contributed by atoms with van der Waals surface area (Å²) in [6.07, 6.45) is 6.90. The molecule has 0 amide bonds. The van der Waals surface area contributed by atoms with Crippen LogP contribution in [0.4, 0.5) is 0 Å². The SMILES string of the molecule is COC(=N)C1CC2C=CC1C2. The summed E-state index contributed by atoms with van der Waals surface area (Å²) in [5.74, 6) is 2.20. The Morgan fingerprint density at radius 3 is 2.73 bits per heavy atom. The number of hydrogen-bond donors (Lipinski definition) is 1. The van der Waals surface area contributed by atoms with Crippen molar-refractivity contribution in [1.82, 2.24) is 0 Å². The first-order valence-corrected chi connectivity index (χ1v) is 4.12. The number of hydrogen-bond acceptors (Lipinski definition) is 2. The van der Waals surface area contributed by atoms with Crippen LogP contribution in [-0.4, -0.2) is 13.0 Å². The number of ether oxygens (including phenoxy) is 1. The van der Waals surface area contributed by atoms with Gasteiger partial charge in [0, 0.05) is 5.92 Å². The molecule has 3 atom stereocenters. The van der Waals surface area contributed by atoms with Gasteiger partial charge in [0.25, 0.3) is 0 Å². The van der Waals surface area contributed by atoms with Crippen LogP contribution < -0.4 is 0 Å². The Labute approximate surface area is 66.8 Å². The van der Waals surface area contributed by atoms with Gasteiger partial charge in [-0.3, -0.25) is 5.41 Å². The quantitative estimate of drug-likeness (QED) is 0.346. The molecule has 1 saturated carbocycles. The topological polar surface area (TPSA) is 33.1 Å². The molecule has 2 bridgehead atoms. The first kappa shape index (κ1) is 6.89. The van der Waals surface area contributed by atoms with Gasteiger partial charge in [-0.25, -0.2) is 0 Å². The highest BCUT2D eigenvalue weighted by atomic mass is 16.5. The summed E-state index contributed by atoms with van der Waals surface area (Å²) in [6.45, 7) is 0. The van der Waals surface area contributed by atoms with Crippen molar-refractivity contribution in [2.75, 3.05) is 7.11 Å². The van der Waals surface area contributed by atoms with Crippen molar-refractivity contribution < 1.29 is 4.74 Å². The molecule has 2 rings (SSSR count). The summed E-state index contributed by atoms with van der Waals surface area (Å²) in [4.78, 5) is 0. The molecule has 0 aromatic carbocycles. The lowest BCUT2D eigenvalue weighted by Crippen LogP contribution is -2.19. The van der Waals surface area contributed by atoms with Crippen molar-refractivity contribution in [2.45, 2.75) is 12.8 Å². The third-order valence-electron chi connectivity index (χ3n) is 2.84. The Kier molecular flexibility index (Phi) is 1.48. The van der Waals surface area contributed by atoms with Crippen molar-refractivity contribution in [3.05, 3.63) is 12.2 Å². The highest BCUT2D eigenvalue weighted by Gasteiger charge is 2.38. The molecule has 2 heteroatoms. The first-order valence-electron chi connectivity index (χ1n) is 4.12. The molecule has 0 heterocycles. The minimum absolute atomic E-state index is 0.384. The molecule has 0 aliphatic heterocycles. The number of allylic oxidation sites excluding steroid dienone is 2. The molecular weight excluding hydrogens is 138 g/mol. The van der Waals surface area contributed by atoms with E-state index in [4.69, 9.17) is 10.1 Å². The predicted octanol–water partition coefficient (Wildman–Crippen LogP) is 1.82. The Morgan fingerprint density at radius 1 is 1.45 bits per heavy atom. The van der Waals surface area contributed by atoms with Crippen molar-refractivity contribution in [2.24, 2.45) is 17.8 Å². The maximum atomic E-state index is 7.53. The summed E-state index contributed by atoms with van der Waals surface area (Å²) in [7, 11) is 1.60. The van der Waals surface area contributed by atoms with E-state index in [9.17, 15) is 0 Å². The van der Waals surface area contributed by atoms with E-state index in [0.717, 1.165) is 12.3 Å². The molecule has 2 nitrogen and oxygen atoms in total. The molecule has 0 spiro atoms. The van der Waals surface area contributed by atoms with Gasteiger partial charge in [-0.15, -0.1) is 0 Å². The number of methoxy groups -OCH3 is 1. The highest BCUT2D eigenvalue weighted by Crippen LogP contribution is 2.43. The molecule has 1 fully saturated rings. The van der Waals surface area contributed by atoms with Crippen LogP contribution in [0.5, 0.6) is 0 Å². The number of nitrogens with one attached hydrogen (secondary N) is 1. The molecule has 0 aromatic heterocycles. The molecule has 0 radical (unpaired) electrons. The third kappa shape index (κ3) is 0.971. The van der Waals surface area contributed by atoms with Crippen molar-refractivity contribution >= 4 is 5.90 Å². The van der Waals surface area contributed by atoms with E-state index in [-0.39, 0.29) is 0 Å². The minimum Gasteiger partial charge on any atom is -0.484 e. The van der Waals surface area contributed by atoms with Gasteiger partial charge in [-0.05, 0) is 24.7 Å². The van der Waals surface area contributed by atoms with Crippen LogP contribution >= 0.6 is 0 Å². The van der Waals surface area contributed by atoms with E-state index in [1.807, 2.05) is 0 Å². The zero-order valence-electron chi connectivity index (χ0n) is 6.71. The van der Waals surface area contributed by atoms with Gasteiger partial charge in [-0.2, -0.15) is 0 Å². The Balaban J connectivity index is 2.08. The van der Waals surface area contributed by atoms with Crippen LogP contribution in [0.3, 0.4) is 0 Å². The summed E-state index contributed by atoms with van der Waals surface area (Å²) < 4.78 is 4.94. The monoisotopic (exact) mass is 151 g/mol. The fourth-order valence-corrected chi connectivity index (χ4v) is 2.23. The van der Waals surface area contributed by atoms with Crippen LogP contribution in [0.25, 0.3) is 0 Å². The lowest BCUT2D eigenvalue weighted by Gasteiger charge is -2.17. The molecule has 60 valence electrons. The molecule has 2 aliphatic rings. The van der Waals surface area contributed by atoms with E-state index < -0.39 is 0 Å². The lowest BCUT2D eigenvalue weighted by atomic mass is 9.93. The Bertz CT molecular complexity index is 210. The van der Waals surface area contributed by atoms with Crippen LogP contribution in [0.1, 0.15) is 12.8 Å². The largest absolute Gasteiger partial charge is 0.484 e. The van der Waals surface area contributed by atoms with E-state index in [2.05, 4.69) is 12.2 Å². The van der Waals surface area contributed by atoms with Gasteiger partial charge in [0.1, 0.15) is 0 Å². The van der Waals surface area contributed by atoms with Crippen LogP contribution in [-0.2, 0) is 4.74 Å². The predicted molar refractivity (Wildman–Crippen MR) is 43.6 cm³/mol. The third-order valence-corrected chi connectivity index (χ3v) is 2.84. The van der Waals surface area contributed by atoms with Crippen LogP contribution in [0.2, 0.25) is 0 Å². The molecule has 0 aromatic rings. The minimum atomic E-state index is 0.384. The maximum Gasteiger partial charge on any atom is 0.183 e. The average molecular weight is 151 g/mol. The van der Waals surface area contributed by atoms with Crippen LogP contribution in [0, 0.1) is 23.2 Å². The van der Waals surface area contributed by atoms with Gasteiger partial charge in [0.2, 0.25) is 0 Å². The van der Waals surface area contributed by atoms with Gasteiger partial charge < -0.3 is 4.74 Å². The molecule has 0 saturated heterocycles. The highest BCUT2D eigenvalue weighted by molar-refractivity contribution is 5.76. The van der Waals surface area contributed by atoms with Crippen LogP contribution in [0.15, 0.2) is 12.2 Å². The van der Waals surface area contributed by atoms with Gasteiger partial charge in [-0.1, -0.05) is 12.2 Å². The van der Waals surface area contributed by atoms with Gasteiger partial charge in [0.05, 0.1) is 7.11 Å². The van der Waals surface area contributed by atoms with E-state index in [0.29, 0.717) is 17.7 Å². The zero-order chi connectivity index (χ0) is 7.84. The maximum absolute atomic E-state index is 7.53. The second-order valence-corrected chi connectivity index (χ2v) is 3.46. The Hall–Kier alpha value is -0.790. The second-order valence-electron chi connectivity index (χ2n) is 3.46. The van der Waals surface area contributed by atoms with Gasteiger partial charge in [0.15, 0.2) is 5.90 Å². The average Bonchev–Trinajstić information content (AvgIpc) is 2.62. The zero-order valence-corrected chi connectivity index (χ0v) is 6.71. The van der Waals surface area contributed by atoms with Gasteiger partial charge >= 0.3 is 0 Å². The smallest absolute Gasteiger partial charge is 0.183 e. The number of fused-ring (bicyclic) bond motifs is 2. The molecule has 1 N–H and O–H groups in total. The summed E-state index contributed by atoms with van der Waals surface area (Å²) in [6, 6.07) is 0. The van der Waals surface area contributed by atoms with E-state index >= 15 is 0 Å². The first-order chi connectivity index (χ1) is 5.31. The molecular formula is C9H13NO. The fourth-order valence-electron chi connectivity index (χ4n) is 2.23. The number of rotatable bonds is 1. The van der Waals surface area contributed by atoms with Crippen molar-refractivity contribution in [1.29, 1.82) is 5.41 Å². The standard InChI is InChI=1S/C9H13NO/c1-11-9(10)8-5-6-2-3-7(8)4-6/h2-3,6-8,10H,4-5H2,1H3. The fraction of sp³-hybridized carbons (Fsp3) is 0.667. The molecule has 2 aliphatic carbocycles. The van der Waals surface area contributed by atoms with E-state index in [1.165, 1.54) is 6.42 Å². The van der Waals surface area contributed by atoms with E-state index in [1.54, 1.807) is 7.11 Å². The van der Waals surface area contributed by atoms with Crippen molar-refractivity contribution in [3.8, 4) is 0 Å². The normalized spacial score (nSPS) is 39.5. The molecule has 11 heavy (non-hydrogen) atoms. The second kappa shape index (κ2) is 2.36. The lowest BCUT2D eigenvalue weighted by molar-refractivity contribution is 0.346. The summed E-state index contributed by atoms with van der Waals surface area (Å²) in [5.41, 5.74) is 0. The van der Waals surface area contributed by atoms with Crippen molar-refractivity contribution in [3.63, 3.8) is 0 Å². The molecule has 3 unspecified atom stereocenters. The Morgan fingerprint density at radius 2 is 2.27 bits per heavy atom.